The highest BCUT2D eigenvalue weighted by Crippen LogP contribution is 2.11. The Morgan fingerprint density at radius 1 is 1.18 bits per heavy atom. The number of hydrogen-bond acceptors (Lipinski definition) is 3. The molecule has 2 rings (SSSR count). The van der Waals surface area contributed by atoms with Gasteiger partial charge in [-0.05, 0) is 23.8 Å². The number of nitrogens with two attached hydrogens (primary N) is 1. The zero-order chi connectivity index (χ0) is 12.1. The molecule has 0 spiro atoms. The number of anilines is 1. The van der Waals surface area contributed by atoms with Crippen molar-refractivity contribution in [3.8, 4) is 0 Å². The molecule has 0 saturated carbocycles. The number of amides is 1. The van der Waals surface area contributed by atoms with Crippen LogP contribution in [0.3, 0.4) is 0 Å². The van der Waals surface area contributed by atoms with Crippen LogP contribution in [0.4, 0.5) is 5.69 Å². The van der Waals surface area contributed by atoms with Crippen LogP contribution < -0.4 is 11.1 Å². The van der Waals surface area contributed by atoms with Crippen molar-refractivity contribution >= 4 is 11.6 Å². The van der Waals surface area contributed by atoms with Gasteiger partial charge in [-0.15, -0.1) is 0 Å². The fraction of sp³-hybridized carbons (Fsp3) is 0.154. The second kappa shape index (κ2) is 5.21. The summed E-state index contributed by atoms with van der Waals surface area (Å²) in [7, 11) is 0. The Morgan fingerprint density at radius 2 is 1.94 bits per heavy atom. The van der Waals surface area contributed by atoms with Gasteiger partial charge >= 0.3 is 0 Å². The lowest BCUT2D eigenvalue weighted by molar-refractivity contribution is -0.117. The largest absolute Gasteiger partial charge is 0.472 e. The van der Waals surface area contributed by atoms with Gasteiger partial charge in [0.05, 0.1) is 18.9 Å². The van der Waals surface area contributed by atoms with Crippen LogP contribution in [0.2, 0.25) is 0 Å². The molecule has 0 radical (unpaired) electrons. The lowest BCUT2D eigenvalue weighted by atomic mass is 10.1. The van der Waals surface area contributed by atoms with Crippen molar-refractivity contribution in [2.45, 2.75) is 13.0 Å². The molecule has 3 N–H and O–H groups in total. The first-order chi connectivity index (χ1) is 8.24. The van der Waals surface area contributed by atoms with Gasteiger partial charge in [0.15, 0.2) is 0 Å². The molecular formula is C13H14N2O2. The fourth-order valence-corrected chi connectivity index (χ4v) is 1.54. The molecule has 17 heavy (non-hydrogen) atoms. The van der Waals surface area contributed by atoms with E-state index in [1.54, 1.807) is 12.5 Å². The first-order valence-corrected chi connectivity index (χ1v) is 5.36. The molecule has 1 heterocycles. The minimum Gasteiger partial charge on any atom is -0.472 e. The van der Waals surface area contributed by atoms with Gasteiger partial charge in [-0.25, -0.2) is 0 Å². The molecule has 1 aromatic heterocycles. The van der Waals surface area contributed by atoms with Gasteiger partial charge in [0.1, 0.15) is 0 Å². The van der Waals surface area contributed by atoms with Gasteiger partial charge in [-0.2, -0.15) is 0 Å². The monoisotopic (exact) mass is 230 g/mol. The quantitative estimate of drug-likeness (QED) is 0.824. The van der Waals surface area contributed by atoms with Gasteiger partial charge in [0.25, 0.3) is 0 Å². The third-order valence-electron chi connectivity index (χ3n) is 2.41. The van der Waals surface area contributed by atoms with Crippen molar-refractivity contribution in [3.05, 3.63) is 54.0 Å². The van der Waals surface area contributed by atoms with E-state index in [9.17, 15) is 4.79 Å². The summed E-state index contributed by atoms with van der Waals surface area (Å²) >= 11 is 0. The summed E-state index contributed by atoms with van der Waals surface area (Å²) in [5.74, 6) is -0.316. The van der Waals surface area contributed by atoms with Crippen LogP contribution in [0.5, 0.6) is 0 Å². The predicted octanol–water partition coefficient (Wildman–Crippen LogP) is 1.92. The van der Waals surface area contributed by atoms with E-state index in [4.69, 9.17) is 10.2 Å². The number of primary amides is 1. The SMILES string of the molecule is NC(=O)Cc1ccc(NCc2ccoc2)cc1. The summed E-state index contributed by atoms with van der Waals surface area (Å²) < 4.78 is 4.97. The van der Waals surface area contributed by atoms with Gasteiger partial charge in [0.2, 0.25) is 5.91 Å². The molecule has 0 saturated heterocycles. The van der Waals surface area contributed by atoms with Crippen LogP contribution >= 0.6 is 0 Å². The van der Waals surface area contributed by atoms with Crippen LogP contribution in [0.1, 0.15) is 11.1 Å². The summed E-state index contributed by atoms with van der Waals surface area (Å²) in [6.45, 7) is 0.714. The summed E-state index contributed by atoms with van der Waals surface area (Å²) in [5.41, 5.74) is 8.13. The Hall–Kier alpha value is -2.23. The fourth-order valence-electron chi connectivity index (χ4n) is 1.54. The zero-order valence-electron chi connectivity index (χ0n) is 9.35. The molecule has 1 aromatic carbocycles. The van der Waals surface area contributed by atoms with Crippen LogP contribution in [0.15, 0.2) is 47.3 Å². The Labute approximate surface area is 99.4 Å². The third kappa shape index (κ3) is 3.38. The van der Waals surface area contributed by atoms with E-state index >= 15 is 0 Å². The Morgan fingerprint density at radius 3 is 2.53 bits per heavy atom. The van der Waals surface area contributed by atoms with Crippen molar-refractivity contribution in [2.75, 3.05) is 5.32 Å². The summed E-state index contributed by atoms with van der Waals surface area (Å²) in [4.78, 5) is 10.7. The van der Waals surface area contributed by atoms with Crippen molar-refractivity contribution in [3.63, 3.8) is 0 Å². The summed E-state index contributed by atoms with van der Waals surface area (Å²) in [6.07, 6.45) is 3.63. The molecule has 1 amide bonds. The molecule has 0 unspecified atom stereocenters. The first kappa shape index (κ1) is 11.3. The van der Waals surface area contributed by atoms with Gasteiger partial charge in [-0.1, -0.05) is 12.1 Å². The molecule has 0 fully saturated rings. The minimum absolute atomic E-state index is 0.280. The molecule has 0 aliphatic carbocycles. The molecule has 4 heteroatoms. The standard InChI is InChI=1S/C13H14N2O2/c14-13(16)7-10-1-3-12(4-2-10)15-8-11-5-6-17-9-11/h1-6,9,15H,7-8H2,(H2,14,16). The average molecular weight is 230 g/mol. The van der Waals surface area contributed by atoms with Crippen LogP contribution in [-0.4, -0.2) is 5.91 Å². The van der Waals surface area contributed by atoms with E-state index in [2.05, 4.69) is 5.32 Å². The number of carbonyl (C=O) groups is 1. The third-order valence-corrected chi connectivity index (χ3v) is 2.41. The van der Waals surface area contributed by atoms with Crippen LogP contribution in [0, 0.1) is 0 Å². The number of hydrogen-bond donors (Lipinski definition) is 2. The van der Waals surface area contributed by atoms with Crippen molar-refractivity contribution in [1.29, 1.82) is 0 Å². The van der Waals surface area contributed by atoms with E-state index in [-0.39, 0.29) is 12.3 Å². The lowest BCUT2D eigenvalue weighted by Crippen LogP contribution is -2.13. The molecule has 0 aliphatic rings. The normalized spacial score (nSPS) is 10.1. The van der Waals surface area contributed by atoms with Gasteiger partial charge < -0.3 is 15.5 Å². The highest BCUT2D eigenvalue weighted by atomic mass is 16.3. The van der Waals surface area contributed by atoms with E-state index < -0.39 is 0 Å². The van der Waals surface area contributed by atoms with Crippen molar-refractivity contribution < 1.29 is 9.21 Å². The number of benzene rings is 1. The molecule has 0 bridgehead atoms. The molecular weight excluding hydrogens is 216 g/mol. The lowest BCUT2D eigenvalue weighted by Gasteiger charge is -2.05. The van der Waals surface area contributed by atoms with Crippen molar-refractivity contribution in [2.24, 2.45) is 5.73 Å². The number of furan rings is 1. The van der Waals surface area contributed by atoms with Gasteiger partial charge in [0, 0.05) is 17.8 Å². The second-order valence-corrected chi connectivity index (χ2v) is 3.83. The van der Waals surface area contributed by atoms with Crippen LogP contribution in [0.25, 0.3) is 0 Å². The topological polar surface area (TPSA) is 68.3 Å². The average Bonchev–Trinajstić information content (AvgIpc) is 2.80. The predicted molar refractivity (Wildman–Crippen MR) is 65.4 cm³/mol. The maximum absolute atomic E-state index is 10.7. The van der Waals surface area contributed by atoms with E-state index in [1.165, 1.54) is 0 Å². The first-order valence-electron chi connectivity index (χ1n) is 5.36. The Balaban J connectivity index is 1.91. The number of carbonyl (C=O) groups excluding carboxylic acids is 1. The highest BCUT2D eigenvalue weighted by molar-refractivity contribution is 5.76. The molecule has 2 aromatic rings. The molecule has 88 valence electrons. The molecule has 0 aliphatic heterocycles. The smallest absolute Gasteiger partial charge is 0.221 e. The van der Waals surface area contributed by atoms with E-state index in [1.807, 2.05) is 30.3 Å². The molecule has 0 atom stereocenters. The summed E-state index contributed by atoms with van der Waals surface area (Å²) in [6, 6.07) is 9.55. The summed E-state index contributed by atoms with van der Waals surface area (Å²) in [5, 5.41) is 3.25. The number of nitrogens with one attached hydrogen (secondary N) is 1. The zero-order valence-corrected chi connectivity index (χ0v) is 9.35. The van der Waals surface area contributed by atoms with E-state index in [0.717, 1.165) is 16.8 Å². The Kier molecular flexibility index (Phi) is 3.45. The minimum atomic E-state index is -0.316. The van der Waals surface area contributed by atoms with Gasteiger partial charge in [-0.3, -0.25) is 4.79 Å². The maximum Gasteiger partial charge on any atom is 0.221 e. The van der Waals surface area contributed by atoms with Crippen molar-refractivity contribution in [1.82, 2.24) is 0 Å². The Bertz CT molecular complexity index is 475. The van der Waals surface area contributed by atoms with E-state index in [0.29, 0.717) is 6.54 Å². The van der Waals surface area contributed by atoms with Crippen LogP contribution in [-0.2, 0) is 17.8 Å². The highest BCUT2D eigenvalue weighted by Gasteiger charge is 1.99. The number of rotatable bonds is 5. The molecule has 4 nitrogen and oxygen atoms in total. The maximum atomic E-state index is 10.7. The second-order valence-electron chi connectivity index (χ2n) is 3.83.